The highest BCUT2D eigenvalue weighted by atomic mass is 31.1. The number of rotatable bonds is 6. The van der Waals surface area contributed by atoms with Gasteiger partial charge in [0.1, 0.15) is 0 Å². The Bertz CT molecular complexity index is 108. The van der Waals surface area contributed by atoms with Crippen molar-refractivity contribution >= 4 is 7.92 Å². The van der Waals surface area contributed by atoms with E-state index in [9.17, 15) is 0 Å². The molecule has 0 aromatic carbocycles. The lowest BCUT2D eigenvalue weighted by Gasteiger charge is -2.32. The Morgan fingerprint density at radius 3 is 1.15 bits per heavy atom. The van der Waals surface area contributed by atoms with Gasteiger partial charge in [-0.2, -0.15) is 0 Å². The van der Waals surface area contributed by atoms with Crippen LogP contribution < -0.4 is 0 Å². The second-order valence-corrected chi connectivity index (χ2v) is 7.08. The minimum absolute atomic E-state index is 0.139. The fraction of sp³-hybridized carbons (Fsp3) is 1.00. The Morgan fingerprint density at radius 1 is 0.769 bits per heavy atom. The first-order valence-corrected chi connectivity index (χ1v) is 6.23. The fourth-order valence-electron chi connectivity index (χ4n) is 1.59. The SMILES string of the molecule is CC(CO)P(C(C)CO)C(C)CO. The van der Waals surface area contributed by atoms with E-state index in [1.165, 1.54) is 0 Å². The Hall–Kier alpha value is 0.310. The van der Waals surface area contributed by atoms with Crippen LogP contribution in [0.5, 0.6) is 0 Å². The largest absolute Gasteiger partial charge is 0.396 e. The van der Waals surface area contributed by atoms with E-state index in [0.29, 0.717) is 0 Å². The zero-order chi connectivity index (χ0) is 10.4. The standard InChI is InChI=1S/C9H21O3P/c1-7(4-10)13(8(2)5-11)9(3)6-12/h7-12H,4-6H2,1-3H3. The minimum Gasteiger partial charge on any atom is -0.396 e. The quantitative estimate of drug-likeness (QED) is 0.560. The van der Waals surface area contributed by atoms with Crippen LogP contribution in [-0.4, -0.2) is 52.1 Å². The highest BCUT2D eigenvalue weighted by Gasteiger charge is 2.26. The van der Waals surface area contributed by atoms with Gasteiger partial charge >= 0.3 is 0 Å². The van der Waals surface area contributed by atoms with Gasteiger partial charge in [-0.25, -0.2) is 0 Å². The molecule has 0 aliphatic rings. The van der Waals surface area contributed by atoms with Crippen LogP contribution >= 0.6 is 7.92 Å². The fourth-order valence-corrected chi connectivity index (χ4v) is 4.76. The van der Waals surface area contributed by atoms with E-state index in [2.05, 4.69) is 0 Å². The molecule has 0 aliphatic heterocycles. The van der Waals surface area contributed by atoms with Crippen molar-refractivity contribution in [2.24, 2.45) is 0 Å². The molecule has 0 rings (SSSR count). The molecule has 3 nitrogen and oxygen atoms in total. The van der Waals surface area contributed by atoms with Crippen molar-refractivity contribution in [3.05, 3.63) is 0 Å². The summed E-state index contributed by atoms with van der Waals surface area (Å²) >= 11 is 0. The van der Waals surface area contributed by atoms with Gasteiger partial charge in [-0.3, -0.25) is 0 Å². The third kappa shape index (κ3) is 3.90. The van der Waals surface area contributed by atoms with Gasteiger partial charge in [0.25, 0.3) is 0 Å². The van der Waals surface area contributed by atoms with Gasteiger partial charge in [-0.1, -0.05) is 28.7 Å². The van der Waals surface area contributed by atoms with Crippen molar-refractivity contribution in [1.82, 2.24) is 0 Å². The molecule has 0 bridgehead atoms. The van der Waals surface area contributed by atoms with Crippen molar-refractivity contribution in [3.63, 3.8) is 0 Å². The van der Waals surface area contributed by atoms with Gasteiger partial charge in [-0.05, 0) is 0 Å². The number of aliphatic hydroxyl groups excluding tert-OH is 3. The summed E-state index contributed by atoms with van der Waals surface area (Å²) in [5.41, 5.74) is 0.581. The molecule has 3 N–H and O–H groups in total. The monoisotopic (exact) mass is 208 g/mol. The maximum Gasteiger partial charge on any atom is 0.0496 e. The van der Waals surface area contributed by atoms with Crippen molar-refractivity contribution in [2.75, 3.05) is 19.8 Å². The predicted octanol–water partition coefficient (Wildman–Crippen LogP) is 0.611. The second-order valence-electron chi connectivity index (χ2n) is 3.54. The van der Waals surface area contributed by atoms with Gasteiger partial charge in [0.2, 0.25) is 0 Å². The average Bonchev–Trinajstić information content (AvgIpc) is 2.16. The predicted molar refractivity (Wildman–Crippen MR) is 56.6 cm³/mol. The lowest BCUT2D eigenvalue weighted by atomic mass is 10.5. The Morgan fingerprint density at radius 2 is 1.00 bits per heavy atom. The van der Waals surface area contributed by atoms with E-state index < -0.39 is 7.92 Å². The first kappa shape index (κ1) is 13.3. The third-order valence-corrected chi connectivity index (χ3v) is 5.86. The van der Waals surface area contributed by atoms with Crippen LogP contribution in [0.3, 0.4) is 0 Å². The molecule has 0 radical (unpaired) electrons. The maximum atomic E-state index is 9.05. The summed E-state index contributed by atoms with van der Waals surface area (Å²) in [4.78, 5) is 0. The van der Waals surface area contributed by atoms with Crippen LogP contribution in [0.25, 0.3) is 0 Å². The third-order valence-electron chi connectivity index (χ3n) is 2.32. The van der Waals surface area contributed by atoms with Gasteiger partial charge in [0, 0.05) is 36.8 Å². The Balaban J connectivity index is 4.34. The van der Waals surface area contributed by atoms with E-state index in [1.54, 1.807) is 0 Å². The van der Waals surface area contributed by atoms with Crippen LogP contribution in [0.15, 0.2) is 0 Å². The van der Waals surface area contributed by atoms with E-state index in [0.717, 1.165) is 0 Å². The molecule has 3 unspecified atom stereocenters. The topological polar surface area (TPSA) is 60.7 Å². The zero-order valence-corrected chi connectivity index (χ0v) is 9.54. The average molecular weight is 208 g/mol. The van der Waals surface area contributed by atoms with Crippen molar-refractivity contribution in [3.8, 4) is 0 Å². The van der Waals surface area contributed by atoms with Gasteiger partial charge in [0.05, 0.1) is 0 Å². The Labute approximate surface area is 81.5 Å². The summed E-state index contributed by atoms with van der Waals surface area (Å²) in [6.45, 7) is 6.35. The van der Waals surface area contributed by atoms with E-state index in [-0.39, 0.29) is 36.8 Å². The summed E-state index contributed by atoms with van der Waals surface area (Å²) in [6.07, 6.45) is 0. The molecule has 0 fully saturated rings. The highest BCUT2D eigenvalue weighted by molar-refractivity contribution is 7.59. The molecule has 13 heavy (non-hydrogen) atoms. The summed E-state index contributed by atoms with van der Waals surface area (Å²) < 4.78 is 0. The Kier molecular flexibility index (Phi) is 6.88. The van der Waals surface area contributed by atoms with Crippen LogP contribution in [0.4, 0.5) is 0 Å². The molecule has 0 amide bonds. The molecule has 0 aliphatic carbocycles. The summed E-state index contributed by atoms with van der Waals surface area (Å²) in [5.74, 6) is 0. The van der Waals surface area contributed by atoms with Crippen LogP contribution in [0.1, 0.15) is 20.8 Å². The zero-order valence-electron chi connectivity index (χ0n) is 8.64. The lowest BCUT2D eigenvalue weighted by Crippen LogP contribution is -2.24. The molecule has 0 heterocycles. The first-order valence-electron chi connectivity index (χ1n) is 4.68. The van der Waals surface area contributed by atoms with E-state index >= 15 is 0 Å². The van der Waals surface area contributed by atoms with Crippen LogP contribution in [0.2, 0.25) is 0 Å². The maximum absolute atomic E-state index is 9.05. The number of aliphatic hydroxyl groups is 3. The van der Waals surface area contributed by atoms with Crippen molar-refractivity contribution in [2.45, 2.75) is 37.7 Å². The highest BCUT2D eigenvalue weighted by Crippen LogP contribution is 2.50. The van der Waals surface area contributed by atoms with E-state index in [1.807, 2.05) is 20.8 Å². The number of hydrogen-bond acceptors (Lipinski definition) is 3. The van der Waals surface area contributed by atoms with Crippen LogP contribution in [0, 0.1) is 0 Å². The lowest BCUT2D eigenvalue weighted by molar-refractivity contribution is 0.279. The molecule has 80 valence electrons. The first-order chi connectivity index (χ1) is 6.08. The molecular formula is C9H21O3P. The van der Waals surface area contributed by atoms with Crippen molar-refractivity contribution in [1.29, 1.82) is 0 Å². The van der Waals surface area contributed by atoms with E-state index in [4.69, 9.17) is 15.3 Å². The molecule has 0 saturated heterocycles. The molecule has 4 heteroatoms. The molecule has 3 atom stereocenters. The molecule has 0 spiro atoms. The minimum atomic E-state index is -0.495. The summed E-state index contributed by atoms with van der Waals surface area (Å²) in [6, 6.07) is 0. The number of hydrogen-bond donors (Lipinski definition) is 3. The molecule has 0 saturated carbocycles. The summed E-state index contributed by atoms with van der Waals surface area (Å²) in [7, 11) is -0.495. The van der Waals surface area contributed by atoms with Gasteiger partial charge in [-0.15, -0.1) is 0 Å². The smallest absolute Gasteiger partial charge is 0.0496 e. The second kappa shape index (κ2) is 6.72. The van der Waals surface area contributed by atoms with Crippen LogP contribution in [-0.2, 0) is 0 Å². The van der Waals surface area contributed by atoms with Crippen molar-refractivity contribution < 1.29 is 15.3 Å². The summed E-state index contributed by atoms with van der Waals surface area (Å²) in [5, 5.41) is 27.1. The van der Waals surface area contributed by atoms with Gasteiger partial charge < -0.3 is 15.3 Å². The molecular weight excluding hydrogens is 187 g/mol. The normalized spacial score (nSPS) is 20.8. The van der Waals surface area contributed by atoms with Gasteiger partial charge in [0.15, 0.2) is 0 Å². The molecule has 0 aromatic heterocycles. The molecule has 0 aromatic rings.